The van der Waals surface area contributed by atoms with E-state index < -0.39 is 5.60 Å². The Labute approximate surface area is 147 Å². The Morgan fingerprint density at radius 1 is 1.28 bits per heavy atom. The van der Waals surface area contributed by atoms with Crippen molar-refractivity contribution in [3.63, 3.8) is 0 Å². The predicted octanol–water partition coefficient (Wildman–Crippen LogP) is 2.54. The van der Waals surface area contributed by atoms with Crippen LogP contribution < -0.4 is 5.32 Å². The Kier molecular flexibility index (Phi) is 4.99. The minimum Gasteiger partial charge on any atom is -0.385 e. The molecule has 0 radical (unpaired) electrons. The normalized spacial score (nSPS) is 17.8. The lowest BCUT2D eigenvalue weighted by Crippen LogP contribution is -2.49. The van der Waals surface area contributed by atoms with Crippen molar-refractivity contribution in [1.82, 2.24) is 20.2 Å². The van der Waals surface area contributed by atoms with Crippen LogP contribution in [0.5, 0.6) is 0 Å². The maximum atomic E-state index is 12.5. The molecule has 3 rings (SSSR count). The molecule has 2 aromatic heterocycles. The number of hydrogen-bond donors (Lipinski definition) is 2. The average Bonchev–Trinajstić information content (AvgIpc) is 2.63. The molecule has 0 bridgehead atoms. The third kappa shape index (κ3) is 3.79. The summed E-state index contributed by atoms with van der Waals surface area (Å²) in [5.74, 6) is 0. The summed E-state index contributed by atoms with van der Waals surface area (Å²) in [6, 6.07) is 7.30. The van der Waals surface area contributed by atoms with E-state index in [1.165, 1.54) is 0 Å². The number of nitrogens with zero attached hydrogens (tertiary/aromatic N) is 3. The summed E-state index contributed by atoms with van der Waals surface area (Å²) in [4.78, 5) is 22.7. The van der Waals surface area contributed by atoms with Gasteiger partial charge in [0.1, 0.15) is 0 Å². The average molecular weight is 340 g/mol. The molecule has 0 aromatic carbocycles. The molecule has 0 saturated carbocycles. The number of piperidine rings is 1. The Hall–Kier alpha value is -2.47. The Bertz CT molecular complexity index is 727. The number of likely N-dealkylation sites (tertiary alicyclic amines) is 1. The molecule has 1 atom stereocenters. The number of carbonyl (C=O) groups excluding carboxylic acids is 1. The highest BCUT2D eigenvalue weighted by Gasteiger charge is 2.35. The van der Waals surface area contributed by atoms with Crippen LogP contribution in [0.1, 0.15) is 42.6 Å². The van der Waals surface area contributed by atoms with Gasteiger partial charge in [0, 0.05) is 37.2 Å². The van der Waals surface area contributed by atoms with E-state index in [1.807, 2.05) is 38.1 Å². The fourth-order valence-electron chi connectivity index (χ4n) is 3.30. The highest BCUT2D eigenvalue weighted by atomic mass is 16.3. The summed E-state index contributed by atoms with van der Waals surface area (Å²) < 4.78 is 0. The fraction of sp³-hybridized carbons (Fsp3) is 0.421. The lowest BCUT2D eigenvalue weighted by atomic mass is 9.85. The molecule has 0 unspecified atom stereocenters. The molecule has 132 valence electrons. The van der Waals surface area contributed by atoms with Gasteiger partial charge in [-0.05, 0) is 44.4 Å². The van der Waals surface area contributed by atoms with Crippen LogP contribution >= 0.6 is 0 Å². The van der Waals surface area contributed by atoms with Crippen LogP contribution in [0, 0.1) is 6.92 Å². The highest BCUT2D eigenvalue weighted by molar-refractivity contribution is 5.74. The summed E-state index contributed by atoms with van der Waals surface area (Å²) >= 11 is 0. The van der Waals surface area contributed by atoms with Gasteiger partial charge in [0.25, 0.3) is 0 Å². The van der Waals surface area contributed by atoms with Crippen molar-refractivity contribution in [3.8, 4) is 0 Å². The summed E-state index contributed by atoms with van der Waals surface area (Å²) in [6.07, 6.45) is 6.13. The first-order chi connectivity index (χ1) is 12.0. The van der Waals surface area contributed by atoms with Gasteiger partial charge in [-0.1, -0.05) is 12.1 Å². The van der Waals surface area contributed by atoms with Gasteiger partial charge in [0.05, 0.1) is 17.3 Å². The number of aryl methyl sites for hydroxylation is 1. The molecule has 0 spiro atoms. The van der Waals surface area contributed by atoms with Gasteiger partial charge >= 0.3 is 6.03 Å². The number of aliphatic hydroxyl groups is 1. The summed E-state index contributed by atoms with van der Waals surface area (Å²) in [5, 5.41) is 13.8. The number of carbonyl (C=O) groups is 1. The molecule has 25 heavy (non-hydrogen) atoms. The Morgan fingerprint density at radius 3 is 2.64 bits per heavy atom. The van der Waals surface area contributed by atoms with E-state index in [0.29, 0.717) is 25.9 Å². The van der Waals surface area contributed by atoms with Gasteiger partial charge in [-0.15, -0.1) is 0 Å². The Morgan fingerprint density at radius 2 is 2.00 bits per heavy atom. The molecule has 1 aliphatic rings. The van der Waals surface area contributed by atoms with E-state index >= 15 is 0 Å². The lowest BCUT2D eigenvalue weighted by Gasteiger charge is -2.38. The quantitative estimate of drug-likeness (QED) is 0.900. The van der Waals surface area contributed by atoms with Crippen molar-refractivity contribution < 1.29 is 9.90 Å². The second kappa shape index (κ2) is 7.19. The summed E-state index contributed by atoms with van der Waals surface area (Å²) in [6.45, 7) is 4.93. The molecule has 2 aromatic rings. The number of pyridine rings is 2. The molecule has 1 aliphatic heterocycles. The number of hydrogen-bond acceptors (Lipinski definition) is 4. The van der Waals surface area contributed by atoms with E-state index in [4.69, 9.17) is 0 Å². The standard InChI is InChI=1S/C19H24N4O2/c1-14-5-3-10-21-17(14)15(2)22-18(24)23-11-7-19(25,8-12-23)16-6-4-9-20-13-16/h3-6,9-10,13,15,25H,7-8,11-12H2,1-2H3,(H,22,24)/t15-/m0/s1. The lowest BCUT2D eigenvalue weighted by molar-refractivity contribution is -0.0172. The van der Waals surface area contributed by atoms with Crippen LogP contribution in [0.3, 0.4) is 0 Å². The minimum absolute atomic E-state index is 0.120. The topological polar surface area (TPSA) is 78.4 Å². The molecular formula is C19H24N4O2. The van der Waals surface area contributed by atoms with Crippen molar-refractivity contribution in [2.75, 3.05) is 13.1 Å². The van der Waals surface area contributed by atoms with Crippen molar-refractivity contribution in [2.24, 2.45) is 0 Å². The van der Waals surface area contributed by atoms with Crippen LogP contribution in [0.25, 0.3) is 0 Å². The van der Waals surface area contributed by atoms with Crippen LogP contribution in [0.4, 0.5) is 4.79 Å². The first kappa shape index (κ1) is 17.4. The van der Waals surface area contributed by atoms with Crippen molar-refractivity contribution in [1.29, 1.82) is 0 Å². The first-order valence-corrected chi connectivity index (χ1v) is 8.59. The zero-order chi connectivity index (χ0) is 17.9. The van der Waals surface area contributed by atoms with Gasteiger partial charge < -0.3 is 15.3 Å². The summed E-state index contributed by atoms with van der Waals surface area (Å²) in [5.41, 5.74) is 1.83. The Balaban J connectivity index is 1.59. The number of nitrogens with one attached hydrogen (secondary N) is 1. The van der Waals surface area contributed by atoms with Gasteiger partial charge in [0.2, 0.25) is 0 Å². The molecule has 6 nitrogen and oxygen atoms in total. The van der Waals surface area contributed by atoms with Crippen molar-refractivity contribution in [3.05, 3.63) is 59.7 Å². The van der Waals surface area contributed by atoms with E-state index in [-0.39, 0.29) is 12.1 Å². The molecule has 2 amide bonds. The maximum absolute atomic E-state index is 12.5. The smallest absolute Gasteiger partial charge is 0.317 e. The van der Waals surface area contributed by atoms with E-state index in [9.17, 15) is 9.90 Å². The molecule has 1 fully saturated rings. The van der Waals surface area contributed by atoms with Gasteiger partial charge in [0.15, 0.2) is 0 Å². The highest BCUT2D eigenvalue weighted by Crippen LogP contribution is 2.32. The largest absolute Gasteiger partial charge is 0.385 e. The monoisotopic (exact) mass is 340 g/mol. The van der Waals surface area contributed by atoms with E-state index in [2.05, 4.69) is 15.3 Å². The first-order valence-electron chi connectivity index (χ1n) is 8.59. The van der Waals surface area contributed by atoms with Gasteiger partial charge in [-0.25, -0.2) is 4.79 Å². The van der Waals surface area contributed by atoms with Gasteiger partial charge in [-0.3, -0.25) is 9.97 Å². The third-order valence-electron chi connectivity index (χ3n) is 4.88. The molecule has 0 aliphatic carbocycles. The molecule has 3 heterocycles. The zero-order valence-corrected chi connectivity index (χ0v) is 14.6. The third-order valence-corrected chi connectivity index (χ3v) is 4.88. The number of urea groups is 1. The molecule has 2 N–H and O–H groups in total. The molecule has 6 heteroatoms. The predicted molar refractivity (Wildman–Crippen MR) is 94.9 cm³/mol. The zero-order valence-electron chi connectivity index (χ0n) is 14.6. The van der Waals surface area contributed by atoms with Crippen molar-refractivity contribution in [2.45, 2.75) is 38.3 Å². The van der Waals surface area contributed by atoms with E-state index in [1.54, 1.807) is 23.5 Å². The minimum atomic E-state index is -0.909. The number of rotatable bonds is 3. The van der Waals surface area contributed by atoms with Crippen LogP contribution in [-0.4, -0.2) is 39.1 Å². The second-order valence-electron chi connectivity index (χ2n) is 6.64. The fourth-order valence-corrected chi connectivity index (χ4v) is 3.30. The molecule has 1 saturated heterocycles. The van der Waals surface area contributed by atoms with Crippen LogP contribution in [0.15, 0.2) is 42.9 Å². The maximum Gasteiger partial charge on any atom is 0.317 e. The van der Waals surface area contributed by atoms with Gasteiger partial charge in [-0.2, -0.15) is 0 Å². The SMILES string of the molecule is Cc1cccnc1[C@H](C)NC(=O)N1CCC(O)(c2cccnc2)CC1. The van der Waals surface area contributed by atoms with Crippen LogP contribution in [-0.2, 0) is 5.60 Å². The van der Waals surface area contributed by atoms with E-state index in [0.717, 1.165) is 16.8 Å². The second-order valence-corrected chi connectivity index (χ2v) is 6.64. The van der Waals surface area contributed by atoms with Crippen LogP contribution in [0.2, 0.25) is 0 Å². The number of aromatic nitrogens is 2. The number of amides is 2. The molecular weight excluding hydrogens is 316 g/mol. The van der Waals surface area contributed by atoms with Crippen molar-refractivity contribution >= 4 is 6.03 Å². The summed E-state index contributed by atoms with van der Waals surface area (Å²) in [7, 11) is 0.